The number of amides is 1. The molecule has 0 bridgehead atoms. The highest BCUT2D eigenvalue weighted by atomic mass is 16.4. The van der Waals surface area contributed by atoms with E-state index in [4.69, 9.17) is 5.11 Å². The Morgan fingerprint density at radius 1 is 1.44 bits per heavy atom. The lowest BCUT2D eigenvalue weighted by Gasteiger charge is -2.15. The number of rotatable bonds is 6. The number of hydrogen-bond donors (Lipinski definition) is 2. The average Bonchev–Trinajstić information content (AvgIpc) is 2.52. The molecule has 2 atom stereocenters. The molecule has 0 aliphatic carbocycles. The summed E-state index contributed by atoms with van der Waals surface area (Å²) in [7, 11) is 0. The van der Waals surface area contributed by atoms with Crippen LogP contribution in [0.1, 0.15) is 32.6 Å². The molecule has 1 fully saturated rings. The standard InChI is InChI=1S/C11H19NO4/c1-2-3-4-5-6-12-7-8(11(15)16)9(13)10(12)14/h8-9,13H,2-7H2,1H3,(H,15,16)/t8-,9-/m1/s1. The second-order valence-corrected chi connectivity index (χ2v) is 4.23. The van der Waals surface area contributed by atoms with Crippen LogP contribution in [0, 0.1) is 5.92 Å². The van der Waals surface area contributed by atoms with Gasteiger partial charge in [0.1, 0.15) is 12.0 Å². The van der Waals surface area contributed by atoms with Gasteiger partial charge in [-0.15, -0.1) is 0 Å². The van der Waals surface area contributed by atoms with E-state index in [9.17, 15) is 14.7 Å². The first-order valence-corrected chi connectivity index (χ1v) is 5.77. The van der Waals surface area contributed by atoms with Crippen molar-refractivity contribution in [2.75, 3.05) is 13.1 Å². The number of carboxylic acids is 1. The first-order chi connectivity index (χ1) is 7.57. The zero-order valence-electron chi connectivity index (χ0n) is 9.56. The van der Waals surface area contributed by atoms with Crippen LogP contribution in [0.2, 0.25) is 0 Å². The molecule has 92 valence electrons. The summed E-state index contributed by atoms with van der Waals surface area (Å²) in [5.74, 6) is -2.50. The molecule has 5 heteroatoms. The van der Waals surface area contributed by atoms with Crippen molar-refractivity contribution >= 4 is 11.9 Å². The van der Waals surface area contributed by atoms with Gasteiger partial charge >= 0.3 is 5.97 Å². The van der Waals surface area contributed by atoms with E-state index in [0.717, 1.165) is 25.7 Å². The topological polar surface area (TPSA) is 77.8 Å². The van der Waals surface area contributed by atoms with Crippen LogP contribution in [0.15, 0.2) is 0 Å². The minimum atomic E-state index is -1.36. The summed E-state index contributed by atoms with van der Waals surface area (Å²) in [5.41, 5.74) is 0. The Morgan fingerprint density at radius 2 is 2.12 bits per heavy atom. The number of aliphatic carboxylic acids is 1. The number of hydrogen-bond acceptors (Lipinski definition) is 3. The van der Waals surface area contributed by atoms with Crippen LogP contribution in [0.5, 0.6) is 0 Å². The summed E-state index contributed by atoms with van der Waals surface area (Å²) in [6.07, 6.45) is 2.79. The molecule has 2 N–H and O–H groups in total. The maximum absolute atomic E-state index is 11.5. The monoisotopic (exact) mass is 229 g/mol. The largest absolute Gasteiger partial charge is 0.481 e. The number of unbranched alkanes of at least 4 members (excludes halogenated alkanes) is 3. The molecule has 0 aromatic carbocycles. The molecule has 1 amide bonds. The lowest BCUT2D eigenvalue weighted by atomic mass is 10.1. The van der Waals surface area contributed by atoms with Gasteiger partial charge in [0.2, 0.25) is 0 Å². The van der Waals surface area contributed by atoms with E-state index in [-0.39, 0.29) is 6.54 Å². The van der Waals surface area contributed by atoms with Crippen LogP contribution in [-0.2, 0) is 9.59 Å². The Balaban J connectivity index is 2.39. The van der Waals surface area contributed by atoms with E-state index >= 15 is 0 Å². The molecular formula is C11H19NO4. The van der Waals surface area contributed by atoms with Gasteiger partial charge in [-0.3, -0.25) is 9.59 Å². The first-order valence-electron chi connectivity index (χ1n) is 5.77. The molecule has 1 aliphatic rings. The fourth-order valence-electron chi connectivity index (χ4n) is 1.93. The average molecular weight is 229 g/mol. The molecule has 1 saturated heterocycles. The van der Waals surface area contributed by atoms with E-state index in [0.29, 0.717) is 6.54 Å². The van der Waals surface area contributed by atoms with Gasteiger partial charge in [-0.25, -0.2) is 0 Å². The van der Waals surface area contributed by atoms with Crippen LogP contribution in [0.25, 0.3) is 0 Å². The van der Waals surface area contributed by atoms with Crippen molar-refractivity contribution < 1.29 is 19.8 Å². The number of carbonyl (C=O) groups excluding carboxylic acids is 1. The lowest BCUT2D eigenvalue weighted by Crippen LogP contribution is -2.31. The molecule has 1 aliphatic heterocycles. The summed E-state index contributed by atoms with van der Waals surface area (Å²) < 4.78 is 0. The van der Waals surface area contributed by atoms with Crippen LogP contribution in [0.4, 0.5) is 0 Å². The third kappa shape index (κ3) is 2.95. The smallest absolute Gasteiger partial charge is 0.311 e. The Morgan fingerprint density at radius 3 is 2.62 bits per heavy atom. The number of aliphatic hydroxyl groups excluding tert-OH is 1. The van der Waals surface area contributed by atoms with Gasteiger partial charge in [0.15, 0.2) is 0 Å². The highest BCUT2D eigenvalue weighted by Gasteiger charge is 2.42. The van der Waals surface area contributed by atoms with Gasteiger partial charge in [-0.05, 0) is 6.42 Å². The number of nitrogens with zero attached hydrogens (tertiary/aromatic N) is 1. The molecule has 0 aromatic heterocycles. The summed E-state index contributed by atoms with van der Waals surface area (Å²) in [6.45, 7) is 2.80. The van der Waals surface area contributed by atoms with Gasteiger partial charge in [0.05, 0.1) is 0 Å². The van der Waals surface area contributed by atoms with Crippen LogP contribution >= 0.6 is 0 Å². The van der Waals surface area contributed by atoms with Gasteiger partial charge in [0, 0.05) is 13.1 Å². The summed E-state index contributed by atoms with van der Waals surface area (Å²) in [5, 5.41) is 18.2. The second kappa shape index (κ2) is 5.84. The predicted molar refractivity (Wildman–Crippen MR) is 57.9 cm³/mol. The lowest BCUT2D eigenvalue weighted by molar-refractivity contribution is -0.146. The number of likely N-dealkylation sites (tertiary alicyclic amines) is 1. The SMILES string of the molecule is CCCCCCN1C[C@@H](C(=O)O)[C@@H](O)C1=O. The Labute approximate surface area is 95.1 Å². The van der Waals surface area contributed by atoms with Crippen LogP contribution < -0.4 is 0 Å². The highest BCUT2D eigenvalue weighted by molar-refractivity contribution is 5.90. The predicted octanol–water partition coefficient (Wildman–Crippen LogP) is 0.471. The van der Waals surface area contributed by atoms with E-state index in [2.05, 4.69) is 6.92 Å². The number of carbonyl (C=O) groups is 2. The van der Waals surface area contributed by atoms with Gasteiger partial charge < -0.3 is 15.1 Å². The van der Waals surface area contributed by atoms with E-state index in [1.807, 2.05) is 0 Å². The minimum absolute atomic E-state index is 0.140. The quantitative estimate of drug-likeness (QED) is 0.649. The molecule has 1 rings (SSSR count). The summed E-state index contributed by atoms with van der Waals surface area (Å²) in [4.78, 5) is 23.7. The molecule has 0 radical (unpaired) electrons. The summed E-state index contributed by atoms with van der Waals surface area (Å²) in [6, 6.07) is 0. The highest BCUT2D eigenvalue weighted by Crippen LogP contribution is 2.19. The second-order valence-electron chi connectivity index (χ2n) is 4.23. The minimum Gasteiger partial charge on any atom is -0.481 e. The maximum Gasteiger partial charge on any atom is 0.311 e. The first kappa shape index (κ1) is 13.0. The normalized spacial score (nSPS) is 25.1. The van der Waals surface area contributed by atoms with E-state index < -0.39 is 23.9 Å². The van der Waals surface area contributed by atoms with Crippen molar-refractivity contribution in [3.63, 3.8) is 0 Å². The van der Waals surface area contributed by atoms with Gasteiger partial charge in [-0.2, -0.15) is 0 Å². The third-order valence-corrected chi connectivity index (χ3v) is 2.96. The molecule has 5 nitrogen and oxygen atoms in total. The molecule has 0 saturated carbocycles. The summed E-state index contributed by atoms with van der Waals surface area (Å²) >= 11 is 0. The van der Waals surface area contributed by atoms with E-state index in [1.54, 1.807) is 0 Å². The van der Waals surface area contributed by atoms with Crippen molar-refractivity contribution in [2.45, 2.75) is 38.7 Å². The van der Waals surface area contributed by atoms with Crippen molar-refractivity contribution in [1.29, 1.82) is 0 Å². The molecular weight excluding hydrogens is 210 g/mol. The van der Waals surface area contributed by atoms with Crippen molar-refractivity contribution in [2.24, 2.45) is 5.92 Å². The molecule has 16 heavy (non-hydrogen) atoms. The van der Waals surface area contributed by atoms with Gasteiger partial charge in [0.25, 0.3) is 5.91 Å². The fraction of sp³-hybridized carbons (Fsp3) is 0.818. The van der Waals surface area contributed by atoms with Crippen molar-refractivity contribution in [1.82, 2.24) is 4.90 Å². The zero-order valence-corrected chi connectivity index (χ0v) is 9.56. The number of carboxylic acid groups (broad SMARTS) is 1. The molecule has 0 unspecified atom stereocenters. The van der Waals surface area contributed by atoms with Crippen LogP contribution in [0.3, 0.4) is 0 Å². The Kier molecular flexibility index (Phi) is 4.73. The number of aliphatic hydroxyl groups is 1. The maximum atomic E-state index is 11.5. The van der Waals surface area contributed by atoms with Crippen LogP contribution in [-0.4, -0.2) is 46.2 Å². The Bertz CT molecular complexity index is 267. The van der Waals surface area contributed by atoms with E-state index in [1.165, 1.54) is 4.90 Å². The molecule has 1 heterocycles. The van der Waals surface area contributed by atoms with Crippen molar-refractivity contribution in [3.8, 4) is 0 Å². The van der Waals surface area contributed by atoms with Gasteiger partial charge in [-0.1, -0.05) is 26.2 Å². The Hall–Kier alpha value is -1.10. The molecule has 0 aromatic rings. The zero-order chi connectivity index (χ0) is 12.1. The van der Waals surface area contributed by atoms with Crippen molar-refractivity contribution in [3.05, 3.63) is 0 Å². The fourth-order valence-corrected chi connectivity index (χ4v) is 1.93. The third-order valence-electron chi connectivity index (χ3n) is 2.96. The molecule has 0 spiro atoms.